The van der Waals surface area contributed by atoms with Gasteiger partial charge in [-0.1, -0.05) is 18.5 Å². The highest BCUT2D eigenvalue weighted by Gasteiger charge is 2.27. The summed E-state index contributed by atoms with van der Waals surface area (Å²) in [5.74, 6) is 2.20. The Morgan fingerprint density at radius 2 is 2.00 bits per heavy atom. The Bertz CT molecular complexity index is 1020. The second-order valence-electron chi connectivity index (χ2n) is 6.92. The van der Waals surface area contributed by atoms with Crippen LogP contribution in [0, 0.1) is 0 Å². The molecule has 0 unspecified atom stereocenters. The van der Waals surface area contributed by atoms with Gasteiger partial charge in [-0.05, 0) is 43.2 Å². The first-order valence-corrected chi connectivity index (χ1v) is 10.5. The zero-order valence-corrected chi connectivity index (χ0v) is 17.9. The van der Waals surface area contributed by atoms with E-state index in [1.54, 1.807) is 6.20 Å². The van der Waals surface area contributed by atoms with E-state index in [0.29, 0.717) is 30.7 Å². The number of hydrogen-bond donors (Lipinski definition) is 2. The molecule has 158 valence electrons. The van der Waals surface area contributed by atoms with Crippen molar-refractivity contribution in [3.05, 3.63) is 46.7 Å². The predicted octanol–water partition coefficient (Wildman–Crippen LogP) is 4.98. The molecular weight excluding hydrogens is 404 g/mol. The number of nitrogens with zero attached hydrogens (tertiary/aromatic N) is 2. The number of H-pyrrole nitrogens is 1. The van der Waals surface area contributed by atoms with Crippen LogP contribution in [-0.4, -0.2) is 41.6 Å². The summed E-state index contributed by atoms with van der Waals surface area (Å²) >= 11 is 6.18. The maximum atomic E-state index is 6.18. The van der Waals surface area contributed by atoms with Gasteiger partial charge < -0.3 is 19.5 Å². The molecule has 0 saturated heterocycles. The van der Waals surface area contributed by atoms with Crippen LogP contribution >= 0.6 is 11.6 Å². The zero-order valence-electron chi connectivity index (χ0n) is 17.1. The number of halogens is 1. The monoisotopic (exact) mass is 428 g/mol. The lowest BCUT2D eigenvalue weighted by molar-refractivity contribution is 0.0992. The molecule has 0 saturated carbocycles. The molecule has 1 aliphatic rings. The molecule has 0 aliphatic heterocycles. The van der Waals surface area contributed by atoms with Crippen molar-refractivity contribution in [2.75, 3.05) is 31.7 Å². The number of fused-ring (bicyclic) bond motifs is 3. The lowest BCUT2D eigenvalue weighted by Crippen LogP contribution is -2.08. The molecular formula is C22H25ClN4O3. The van der Waals surface area contributed by atoms with E-state index in [-0.39, 0.29) is 0 Å². The molecule has 1 aliphatic carbocycles. The summed E-state index contributed by atoms with van der Waals surface area (Å²) < 4.78 is 17.3. The molecule has 0 fully saturated rings. The summed E-state index contributed by atoms with van der Waals surface area (Å²) in [6.07, 6.45) is 3.38. The third-order valence-corrected chi connectivity index (χ3v) is 5.12. The summed E-state index contributed by atoms with van der Waals surface area (Å²) in [5.41, 5.74) is 5.00. The van der Waals surface area contributed by atoms with Crippen molar-refractivity contribution < 1.29 is 14.2 Å². The lowest BCUT2D eigenvalue weighted by atomic mass is 10.1. The van der Waals surface area contributed by atoms with E-state index in [1.807, 2.05) is 25.1 Å². The number of aromatic amines is 1. The number of pyridine rings is 1. The van der Waals surface area contributed by atoms with Gasteiger partial charge in [0.1, 0.15) is 6.61 Å². The Morgan fingerprint density at radius 3 is 2.80 bits per heavy atom. The number of ether oxygens (including phenoxy) is 3. The molecule has 2 heterocycles. The summed E-state index contributed by atoms with van der Waals surface area (Å²) in [5, 5.41) is 11.3. The highest BCUT2D eigenvalue weighted by Crippen LogP contribution is 2.44. The van der Waals surface area contributed by atoms with Crippen molar-refractivity contribution in [2.45, 2.75) is 26.7 Å². The van der Waals surface area contributed by atoms with Gasteiger partial charge in [0, 0.05) is 30.4 Å². The number of rotatable bonds is 10. The average molecular weight is 429 g/mol. The Hall–Kier alpha value is -2.77. The Labute approximate surface area is 180 Å². The number of aromatic nitrogens is 3. The molecule has 0 amide bonds. The van der Waals surface area contributed by atoms with E-state index in [2.05, 4.69) is 33.5 Å². The van der Waals surface area contributed by atoms with Crippen LogP contribution in [0.1, 0.15) is 31.4 Å². The Kier molecular flexibility index (Phi) is 6.40. The van der Waals surface area contributed by atoms with Crippen molar-refractivity contribution in [1.29, 1.82) is 0 Å². The van der Waals surface area contributed by atoms with Crippen molar-refractivity contribution in [1.82, 2.24) is 15.2 Å². The van der Waals surface area contributed by atoms with Gasteiger partial charge in [0.05, 0.1) is 24.6 Å². The van der Waals surface area contributed by atoms with Crippen LogP contribution in [0.4, 0.5) is 11.5 Å². The Morgan fingerprint density at radius 1 is 1.13 bits per heavy atom. The van der Waals surface area contributed by atoms with Gasteiger partial charge in [0.2, 0.25) is 0 Å². The first-order chi connectivity index (χ1) is 14.7. The van der Waals surface area contributed by atoms with Crippen LogP contribution in [-0.2, 0) is 11.2 Å². The summed E-state index contributed by atoms with van der Waals surface area (Å²) in [6, 6.07) is 7.77. The number of anilines is 2. The van der Waals surface area contributed by atoms with E-state index in [9.17, 15) is 0 Å². The molecule has 0 spiro atoms. The van der Waals surface area contributed by atoms with Crippen molar-refractivity contribution in [3.63, 3.8) is 0 Å². The van der Waals surface area contributed by atoms with Gasteiger partial charge in [-0.25, -0.2) is 4.98 Å². The minimum absolute atomic E-state index is 0.407. The highest BCUT2D eigenvalue weighted by atomic mass is 35.5. The predicted molar refractivity (Wildman–Crippen MR) is 117 cm³/mol. The Balaban J connectivity index is 1.57. The second-order valence-corrected chi connectivity index (χ2v) is 7.28. The van der Waals surface area contributed by atoms with Gasteiger partial charge in [-0.3, -0.25) is 5.10 Å². The first-order valence-electron chi connectivity index (χ1n) is 10.2. The van der Waals surface area contributed by atoms with Crippen molar-refractivity contribution in [3.8, 4) is 22.8 Å². The first kappa shape index (κ1) is 20.5. The van der Waals surface area contributed by atoms with E-state index in [1.165, 1.54) is 0 Å². The second kappa shape index (κ2) is 9.36. The van der Waals surface area contributed by atoms with Crippen LogP contribution < -0.4 is 14.8 Å². The van der Waals surface area contributed by atoms with Gasteiger partial charge in [0.15, 0.2) is 22.5 Å². The van der Waals surface area contributed by atoms with Crippen LogP contribution in [0.25, 0.3) is 11.3 Å². The number of hydrogen-bond acceptors (Lipinski definition) is 6. The minimum Gasteiger partial charge on any atom is -0.490 e. The SMILES string of the molecule is CCCOCCOc1cc2c(cc1OCC)Cc1c(Nc3cccnc3Cl)n[nH]c1-2. The highest BCUT2D eigenvalue weighted by molar-refractivity contribution is 6.32. The largest absolute Gasteiger partial charge is 0.490 e. The van der Waals surface area contributed by atoms with E-state index >= 15 is 0 Å². The molecule has 0 atom stereocenters. The quantitative estimate of drug-likeness (QED) is 0.274. The fourth-order valence-electron chi connectivity index (χ4n) is 3.48. The maximum Gasteiger partial charge on any atom is 0.161 e. The van der Waals surface area contributed by atoms with E-state index in [4.69, 9.17) is 25.8 Å². The normalized spacial score (nSPS) is 11.8. The topological polar surface area (TPSA) is 81.3 Å². The third-order valence-electron chi connectivity index (χ3n) is 4.82. The minimum atomic E-state index is 0.407. The lowest BCUT2D eigenvalue weighted by Gasteiger charge is -2.14. The van der Waals surface area contributed by atoms with Gasteiger partial charge in [-0.15, -0.1) is 0 Å². The van der Waals surface area contributed by atoms with Crippen molar-refractivity contribution >= 4 is 23.1 Å². The smallest absolute Gasteiger partial charge is 0.161 e. The third kappa shape index (κ3) is 4.22. The molecule has 30 heavy (non-hydrogen) atoms. The molecule has 8 heteroatoms. The number of nitrogens with one attached hydrogen (secondary N) is 2. The van der Waals surface area contributed by atoms with Gasteiger partial charge >= 0.3 is 0 Å². The van der Waals surface area contributed by atoms with Gasteiger partial charge in [-0.2, -0.15) is 5.10 Å². The molecule has 4 rings (SSSR count). The molecule has 7 nitrogen and oxygen atoms in total. The molecule has 2 N–H and O–H groups in total. The molecule has 1 aromatic carbocycles. The van der Waals surface area contributed by atoms with E-state index < -0.39 is 0 Å². The van der Waals surface area contributed by atoms with Crippen LogP contribution in [0.2, 0.25) is 5.15 Å². The molecule has 3 aromatic rings. The maximum absolute atomic E-state index is 6.18. The van der Waals surface area contributed by atoms with Crippen molar-refractivity contribution in [2.24, 2.45) is 0 Å². The van der Waals surface area contributed by atoms with Crippen LogP contribution in [0.15, 0.2) is 30.5 Å². The van der Waals surface area contributed by atoms with Crippen LogP contribution in [0.3, 0.4) is 0 Å². The summed E-state index contributed by atoms with van der Waals surface area (Å²) in [6.45, 7) is 6.38. The fraction of sp³-hybridized carbons (Fsp3) is 0.364. The average Bonchev–Trinajstić information content (AvgIpc) is 3.29. The molecule has 0 bridgehead atoms. The van der Waals surface area contributed by atoms with Gasteiger partial charge in [0.25, 0.3) is 0 Å². The standard InChI is InChI=1S/C22H25ClN4O3/c1-3-8-28-9-10-30-19-13-15-14(12-18(19)29-4-2)11-16-20(15)26-27-22(16)25-17-6-5-7-24-21(17)23/h5-7,12-13H,3-4,8-11H2,1-2H3,(H2,25,26,27). The summed E-state index contributed by atoms with van der Waals surface area (Å²) in [4.78, 5) is 4.11. The number of benzene rings is 1. The molecule has 0 radical (unpaired) electrons. The molecule has 2 aromatic heterocycles. The summed E-state index contributed by atoms with van der Waals surface area (Å²) in [7, 11) is 0. The van der Waals surface area contributed by atoms with E-state index in [0.717, 1.165) is 59.1 Å². The zero-order chi connectivity index (χ0) is 20.9. The van der Waals surface area contributed by atoms with Crippen LogP contribution in [0.5, 0.6) is 11.5 Å². The fourth-order valence-corrected chi connectivity index (χ4v) is 3.65.